The fourth-order valence-electron chi connectivity index (χ4n) is 2.82. The summed E-state index contributed by atoms with van der Waals surface area (Å²) in [4.78, 5) is 17.8. The van der Waals surface area contributed by atoms with Gasteiger partial charge in [-0.25, -0.2) is 4.37 Å². The van der Waals surface area contributed by atoms with E-state index in [9.17, 15) is 4.79 Å². The van der Waals surface area contributed by atoms with Crippen molar-refractivity contribution in [3.63, 3.8) is 0 Å². The molecule has 3 heterocycles. The van der Waals surface area contributed by atoms with Gasteiger partial charge in [0.1, 0.15) is 6.54 Å². The number of pyridine rings is 1. The van der Waals surface area contributed by atoms with E-state index in [-0.39, 0.29) is 12.5 Å². The summed E-state index contributed by atoms with van der Waals surface area (Å²) in [5.41, 5.74) is 2.89. The van der Waals surface area contributed by atoms with Crippen molar-refractivity contribution in [3.8, 4) is 10.6 Å². The van der Waals surface area contributed by atoms with Gasteiger partial charge in [-0.2, -0.15) is 0 Å². The third-order valence-electron chi connectivity index (χ3n) is 4.00. The van der Waals surface area contributed by atoms with Crippen molar-refractivity contribution in [3.05, 3.63) is 72.7 Å². The van der Waals surface area contributed by atoms with Gasteiger partial charge in [-0.3, -0.25) is 9.78 Å². The highest BCUT2D eigenvalue weighted by Gasteiger charge is 2.14. The molecule has 0 unspecified atom stereocenters. The van der Waals surface area contributed by atoms with Crippen molar-refractivity contribution in [1.29, 1.82) is 0 Å². The Morgan fingerprint density at radius 1 is 1.08 bits per heavy atom. The Labute approximate surface area is 149 Å². The minimum Gasteiger partial charge on any atom is -0.349 e. The number of para-hydroxylation sites is 1. The average molecular weight is 348 g/mol. The molecule has 1 aromatic carbocycles. The van der Waals surface area contributed by atoms with Gasteiger partial charge in [-0.1, -0.05) is 24.3 Å². The van der Waals surface area contributed by atoms with E-state index in [0.717, 1.165) is 27.2 Å². The van der Waals surface area contributed by atoms with Crippen LogP contribution < -0.4 is 5.32 Å². The highest BCUT2D eigenvalue weighted by molar-refractivity contribution is 7.09. The zero-order chi connectivity index (χ0) is 17.1. The van der Waals surface area contributed by atoms with E-state index in [1.165, 1.54) is 11.5 Å². The van der Waals surface area contributed by atoms with Gasteiger partial charge in [0.05, 0.1) is 22.8 Å². The van der Waals surface area contributed by atoms with Crippen molar-refractivity contribution in [2.24, 2.45) is 0 Å². The first-order valence-electron chi connectivity index (χ1n) is 7.97. The van der Waals surface area contributed by atoms with Crippen LogP contribution in [0.1, 0.15) is 5.69 Å². The summed E-state index contributed by atoms with van der Waals surface area (Å²) < 4.78 is 6.22. The second-order valence-electron chi connectivity index (χ2n) is 5.65. The Balaban J connectivity index is 1.60. The van der Waals surface area contributed by atoms with Gasteiger partial charge in [0.15, 0.2) is 0 Å². The number of nitrogens with zero attached hydrogens (tertiary/aromatic N) is 3. The van der Waals surface area contributed by atoms with Crippen LogP contribution >= 0.6 is 11.5 Å². The molecule has 0 spiro atoms. The molecule has 0 aliphatic carbocycles. The lowest BCUT2D eigenvalue weighted by Gasteiger charge is -2.10. The number of nitrogens with one attached hydrogen (secondary N) is 1. The Kier molecular flexibility index (Phi) is 4.26. The Morgan fingerprint density at radius 3 is 2.76 bits per heavy atom. The molecular weight excluding hydrogens is 332 g/mol. The maximum atomic E-state index is 12.5. The molecule has 0 aliphatic rings. The standard InChI is InChI=1S/C19H16N4OS/c24-19(21-12-15-6-3-4-9-20-15)13-23-16-7-2-1-5-14(16)11-17(23)18-8-10-22-25-18/h1-11H,12-13H2,(H,21,24). The summed E-state index contributed by atoms with van der Waals surface area (Å²) in [6.45, 7) is 0.683. The lowest BCUT2D eigenvalue weighted by molar-refractivity contribution is -0.121. The van der Waals surface area contributed by atoms with Gasteiger partial charge < -0.3 is 9.88 Å². The quantitative estimate of drug-likeness (QED) is 0.601. The molecule has 124 valence electrons. The van der Waals surface area contributed by atoms with Gasteiger partial charge in [0, 0.05) is 23.3 Å². The van der Waals surface area contributed by atoms with Crippen LogP contribution in [0, 0.1) is 0 Å². The molecule has 0 atom stereocenters. The number of carbonyl (C=O) groups is 1. The first-order valence-corrected chi connectivity index (χ1v) is 8.74. The SMILES string of the molecule is O=C(Cn1c(-c2ccns2)cc2ccccc21)NCc1ccccn1. The summed E-state index contributed by atoms with van der Waals surface area (Å²) >= 11 is 1.43. The Hall–Kier alpha value is -2.99. The topological polar surface area (TPSA) is 59.8 Å². The predicted molar refractivity (Wildman–Crippen MR) is 99.1 cm³/mol. The number of carbonyl (C=O) groups excluding carboxylic acids is 1. The molecule has 3 aromatic heterocycles. The number of hydrogen-bond donors (Lipinski definition) is 1. The third kappa shape index (κ3) is 3.29. The van der Waals surface area contributed by atoms with Crippen LogP contribution in [-0.4, -0.2) is 19.8 Å². The van der Waals surface area contributed by atoms with Gasteiger partial charge in [-0.15, -0.1) is 0 Å². The highest BCUT2D eigenvalue weighted by Crippen LogP contribution is 2.30. The lowest BCUT2D eigenvalue weighted by Crippen LogP contribution is -2.27. The van der Waals surface area contributed by atoms with E-state index in [0.29, 0.717) is 6.54 Å². The molecule has 25 heavy (non-hydrogen) atoms. The summed E-state index contributed by atoms with van der Waals surface area (Å²) in [5.74, 6) is -0.0437. The third-order valence-corrected chi connectivity index (χ3v) is 4.76. The van der Waals surface area contributed by atoms with Crippen LogP contribution in [0.25, 0.3) is 21.5 Å². The monoisotopic (exact) mass is 348 g/mol. The number of fused-ring (bicyclic) bond motifs is 1. The number of hydrogen-bond acceptors (Lipinski definition) is 4. The van der Waals surface area contributed by atoms with Gasteiger partial charge >= 0.3 is 0 Å². The summed E-state index contributed by atoms with van der Waals surface area (Å²) in [6.07, 6.45) is 3.51. The molecular formula is C19H16N4OS. The molecule has 6 heteroatoms. The Morgan fingerprint density at radius 2 is 1.96 bits per heavy atom. The molecule has 0 saturated carbocycles. The summed E-state index contributed by atoms with van der Waals surface area (Å²) in [6, 6.07) is 17.8. The maximum Gasteiger partial charge on any atom is 0.240 e. The molecule has 4 rings (SSSR count). The van der Waals surface area contributed by atoms with E-state index in [4.69, 9.17) is 0 Å². The predicted octanol–water partition coefficient (Wildman–Crippen LogP) is 3.48. The normalized spacial score (nSPS) is 10.9. The van der Waals surface area contributed by atoms with Gasteiger partial charge in [0.2, 0.25) is 5.91 Å². The average Bonchev–Trinajstić information content (AvgIpc) is 3.29. The smallest absolute Gasteiger partial charge is 0.240 e. The van der Waals surface area contributed by atoms with Crippen molar-refractivity contribution in [1.82, 2.24) is 19.2 Å². The number of benzene rings is 1. The minimum absolute atomic E-state index is 0.0437. The van der Waals surface area contributed by atoms with Crippen molar-refractivity contribution in [2.45, 2.75) is 13.1 Å². The van der Waals surface area contributed by atoms with Crippen LogP contribution in [-0.2, 0) is 17.9 Å². The van der Waals surface area contributed by atoms with E-state index in [1.54, 1.807) is 12.4 Å². The van der Waals surface area contributed by atoms with Crippen LogP contribution in [0.3, 0.4) is 0 Å². The molecule has 5 nitrogen and oxygen atoms in total. The first-order chi connectivity index (χ1) is 12.3. The lowest BCUT2D eigenvalue weighted by atomic mass is 10.2. The molecule has 0 fully saturated rings. The van der Waals surface area contributed by atoms with E-state index < -0.39 is 0 Å². The molecule has 0 bridgehead atoms. The number of rotatable bonds is 5. The van der Waals surface area contributed by atoms with E-state index >= 15 is 0 Å². The van der Waals surface area contributed by atoms with Crippen LogP contribution in [0.5, 0.6) is 0 Å². The van der Waals surface area contributed by atoms with Crippen LogP contribution in [0.15, 0.2) is 67.0 Å². The molecule has 0 aliphatic heterocycles. The summed E-state index contributed by atoms with van der Waals surface area (Å²) in [7, 11) is 0. The van der Waals surface area contributed by atoms with Crippen molar-refractivity contribution in [2.75, 3.05) is 0 Å². The van der Waals surface area contributed by atoms with Crippen molar-refractivity contribution >= 4 is 28.3 Å². The van der Waals surface area contributed by atoms with Crippen molar-refractivity contribution < 1.29 is 4.79 Å². The molecule has 1 N–H and O–H groups in total. The Bertz CT molecular complexity index is 993. The zero-order valence-corrected chi connectivity index (χ0v) is 14.2. The van der Waals surface area contributed by atoms with E-state index in [2.05, 4.69) is 26.8 Å². The molecule has 0 radical (unpaired) electrons. The zero-order valence-electron chi connectivity index (χ0n) is 13.4. The van der Waals surface area contributed by atoms with Crippen LogP contribution in [0.2, 0.25) is 0 Å². The first kappa shape index (κ1) is 15.5. The second-order valence-corrected chi connectivity index (χ2v) is 6.48. The summed E-state index contributed by atoms with van der Waals surface area (Å²) in [5, 5.41) is 4.05. The number of amides is 1. The maximum absolute atomic E-state index is 12.5. The van der Waals surface area contributed by atoms with Gasteiger partial charge in [-0.05, 0) is 41.9 Å². The molecule has 1 amide bonds. The van der Waals surface area contributed by atoms with Crippen LogP contribution in [0.4, 0.5) is 0 Å². The molecule has 0 saturated heterocycles. The fourth-order valence-corrected chi connectivity index (χ4v) is 3.44. The number of aromatic nitrogens is 3. The van der Waals surface area contributed by atoms with E-state index in [1.807, 2.05) is 47.0 Å². The largest absolute Gasteiger partial charge is 0.349 e. The minimum atomic E-state index is -0.0437. The highest BCUT2D eigenvalue weighted by atomic mass is 32.1. The fraction of sp³-hybridized carbons (Fsp3) is 0.105. The van der Waals surface area contributed by atoms with Gasteiger partial charge in [0.25, 0.3) is 0 Å². The molecule has 4 aromatic rings. The second kappa shape index (κ2) is 6.86.